The van der Waals surface area contributed by atoms with Gasteiger partial charge in [0.1, 0.15) is 0 Å². The summed E-state index contributed by atoms with van der Waals surface area (Å²) in [6.07, 6.45) is 5.38. The Labute approximate surface area is 185 Å². The second-order valence-electron chi connectivity index (χ2n) is 7.90. The van der Waals surface area contributed by atoms with Crippen LogP contribution in [0.1, 0.15) is 18.3 Å². The molecule has 160 valence electrons. The van der Waals surface area contributed by atoms with Crippen LogP contribution in [0.2, 0.25) is 0 Å². The zero-order chi connectivity index (χ0) is 22.4. The second-order valence-corrected chi connectivity index (χ2v) is 7.90. The van der Waals surface area contributed by atoms with E-state index < -0.39 is 0 Å². The minimum Gasteiger partial charge on any atom is -0.384 e. The fourth-order valence-corrected chi connectivity index (χ4v) is 4.17. The molecule has 1 aromatic carbocycles. The van der Waals surface area contributed by atoms with Crippen LogP contribution in [0.25, 0.3) is 38.8 Å². The first-order valence-corrected chi connectivity index (χ1v) is 10.6. The highest BCUT2D eigenvalue weighted by Gasteiger charge is 2.18. The number of rotatable bonds is 4. The Morgan fingerprint density at radius 3 is 2.59 bits per heavy atom. The molecule has 0 unspecified atom stereocenters. The van der Waals surface area contributed by atoms with Gasteiger partial charge >= 0.3 is 5.69 Å². The number of aryl methyl sites for hydroxylation is 3. The van der Waals surface area contributed by atoms with Crippen molar-refractivity contribution < 1.29 is 0 Å². The molecular weight excluding hydrogens is 400 g/mol. The second kappa shape index (κ2) is 7.60. The van der Waals surface area contributed by atoms with E-state index in [9.17, 15) is 4.79 Å². The number of pyridine rings is 3. The van der Waals surface area contributed by atoms with Gasteiger partial charge in [0.05, 0.1) is 45.5 Å². The van der Waals surface area contributed by atoms with Crippen LogP contribution < -0.4 is 11.0 Å². The zero-order valence-electron chi connectivity index (χ0n) is 18.5. The molecule has 0 saturated heterocycles. The summed E-state index contributed by atoms with van der Waals surface area (Å²) in [6.45, 7) is 6.80. The smallest absolute Gasteiger partial charge is 0.333 e. The number of imidazole rings is 1. The lowest BCUT2D eigenvalue weighted by atomic mass is 10.0. The van der Waals surface area contributed by atoms with Crippen molar-refractivity contribution in [1.29, 1.82) is 0 Å². The fraction of sp³-hybridized carbons (Fsp3) is 0.200. The first kappa shape index (κ1) is 19.9. The molecule has 0 aliphatic carbocycles. The summed E-state index contributed by atoms with van der Waals surface area (Å²) in [5.41, 5.74) is 7.88. The lowest BCUT2D eigenvalue weighted by Gasteiger charge is -2.11. The molecule has 0 aliphatic heterocycles. The van der Waals surface area contributed by atoms with Crippen LogP contribution in [0.3, 0.4) is 0 Å². The Balaban J connectivity index is 1.83. The molecule has 0 spiro atoms. The highest BCUT2D eigenvalue weighted by Crippen LogP contribution is 2.31. The van der Waals surface area contributed by atoms with Crippen LogP contribution >= 0.6 is 0 Å². The number of nitrogens with zero attached hydrogens (tertiary/aromatic N) is 5. The Hall–Kier alpha value is -4.00. The number of nitrogens with one attached hydrogen (secondary N) is 1. The molecule has 1 N–H and O–H groups in total. The minimum absolute atomic E-state index is 0.123. The van der Waals surface area contributed by atoms with Crippen LogP contribution in [0.15, 0.2) is 59.8 Å². The molecule has 7 nitrogen and oxygen atoms in total. The predicted molar refractivity (Wildman–Crippen MR) is 128 cm³/mol. The van der Waals surface area contributed by atoms with E-state index in [1.807, 2.05) is 44.3 Å². The Morgan fingerprint density at radius 1 is 0.969 bits per heavy atom. The van der Waals surface area contributed by atoms with Crippen molar-refractivity contribution in [3.63, 3.8) is 0 Å². The third-order valence-electron chi connectivity index (χ3n) is 5.89. The number of aromatic nitrogens is 5. The van der Waals surface area contributed by atoms with Crippen LogP contribution in [0.4, 0.5) is 5.69 Å². The fourth-order valence-electron chi connectivity index (χ4n) is 4.17. The van der Waals surface area contributed by atoms with Crippen molar-refractivity contribution in [3.05, 3.63) is 76.9 Å². The van der Waals surface area contributed by atoms with Gasteiger partial charge in [-0.05, 0) is 56.7 Å². The third kappa shape index (κ3) is 3.05. The maximum Gasteiger partial charge on any atom is 0.333 e. The highest BCUT2D eigenvalue weighted by atomic mass is 16.1. The van der Waals surface area contributed by atoms with Crippen LogP contribution in [-0.2, 0) is 7.05 Å². The van der Waals surface area contributed by atoms with Crippen molar-refractivity contribution in [1.82, 2.24) is 24.1 Å². The molecule has 5 aromatic rings. The molecule has 7 heteroatoms. The molecule has 0 atom stereocenters. The normalized spacial score (nSPS) is 11.4. The molecule has 0 saturated carbocycles. The van der Waals surface area contributed by atoms with Crippen LogP contribution in [-0.4, -0.2) is 30.6 Å². The van der Waals surface area contributed by atoms with Crippen LogP contribution in [0, 0.1) is 13.8 Å². The van der Waals surface area contributed by atoms with Crippen molar-refractivity contribution in [2.45, 2.75) is 20.8 Å². The van der Waals surface area contributed by atoms with Crippen molar-refractivity contribution in [2.75, 3.05) is 11.9 Å². The number of fused-ring (bicyclic) bond motifs is 3. The summed E-state index contributed by atoms with van der Waals surface area (Å²) in [5, 5.41) is 4.28. The van der Waals surface area contributed by atoms with Gasteiger partial charge in [-0.1, -0.05) is 6.07 Å². The molecular formula is C25H24N6O. The van der Waals surface area contributed by atoms with E-state index in [1.54, 1.807) is 28.6 Å². The molecule has 0 fully saturated rings. The van der Waals surface area contributed by atoms with E-state index in [0.29, 0.717) is 0 Å². The van der Waals surface area contributed by atoms with Gasteiger partial charge < -0.3 is 5.32 Å². The van der Waals surface area contributed by atoms with Gasteiger partial charge in [-0.2, -0.15) is 0 Å². The van der Waals surface area contributed by atoms with E-state index in [4.69, 9.17) is 0 Å². The standard InChI is InChI=1S/C25H24N6O/c1-5-26-21-12-18(13-28-15(21)2)17-8-9-20-19(11-17)24-23(14-29-20)30(4)25(32)31(24)22-7-6-10-27-16(22)3/h6-14,26H,5H2,1-4H3. The molecule has 0 bridgehead atoms. The SMILES string of the molecule is CCNc1cc(-c2ccc3ncc4c(c3c2)n(-c2cccnc2C)c(=O)n4C)cnc1C. The van der Waals surface area contributed by atoms with Crippen LogP contribution in [0.5, 0.6) is 0 Å². The molecule has 4 heterocycles. The molecule has 32 heavy (non-hydrogen) atoms. The highest BCUT2D eigenvalue weighted by molar-refractivity contribution is 6.04. The van der Waals surface area contributed by atoms with Gasteiger partial charge in [-0.15, -0.1) is 0 Å². The van der Waals surface area contributed by atoms with E-state index in [-0.39, 0.29) is 5.69 Å². The molecule has 4 aromatic heterocycles. The van der Waals surface area contributed by atoms with Gasteiger partial charge in [0.2, 0.25) is 0 Å². The molecule has 0 radical (unpaired) electrons. The van der Waals surface area contributed by atoms with Gasteiger partial charge in [-0.3, -0.25) is 24.1 Å². The maximum absolute atomic E-state index is 13.2. The Kier molecular flexibility index (Phi) is 4.74. The van der Waals surface area contributed by atoms with Gasteiger partial charge in [0, 0.05) is 36.9 Å². The summed E-state index contributed by atoms with van der Waals surface area (Å²) < 4.78 is 3.38. The molecule has 0 amide bonds. The Morgan fingerprint density at radius 2 is 1.81 bits per heavy atom. The predicted octanol–water partition coefficient (Wildman–Crippen LogP) is 4.38. The maximum atomic E-state index is 13.2. The first-order chi connectivity index (χ1) is 15.5. The minimum atomic E-state index is -0.123. The van der Waals surface area contributed by atoms with E-state index >= 15 is 0 Å². The summed E-state index contributed by atoms with van der Waals surface area (Å²) in [5.74, 6) is 0. The Bertz CT molecular complexity index is 1550. The summed E-state index contributed by atoms with van der Waals surface area (Å²) in [6, 6.07) is 12.0. The van der Waals surface area contributed by atoms with Gasteiger partial charge in [0.25, 0.3) is 0 Å². The number of hydrogen-bond donors (Lipinski definition) is 1. The number of benzene rings is 1. The zero-order valence-corrected chi connectivity index (χ0v) is 18.5. The quantitative estimate of drug-likeness (QED) is 0.463. The summed E-state index contributed by atoms with van der Waals surface area (Å²) in [7, 11) is 1.77. The lowest BCUT2D eigenvalue weighted by Crippen LogP contribution is -2.21. The summed E-state index contributed by atoms with van der Waals surface area (Å²) in [4.78, 5) is 26.8. The molecule has 5 rings (SSSR count). The third-order valence-corrected chi connectivity index (χ3v) is 5.89. The van der Waals surface area contributed by atoms with E-state index in [0.717, 1.165) is 62.4 Å². The first-order valence-electron chi connectivity index (χ1n) is 10.6. The monoisotopic (exact) mass is 424 g/mol. The largest absolute Gasteiger partial charge is 0.384 e. The lowest BCUT2D eigenvalue weighted by molar-refractivity contribution is 0.840. The average molecular weight is 425 g/mol. The van der Waals surface area contributed by atoms with Crippen molar-refractivity contribution in [3.8, 4) is 16.8 Å². The van der Waals surface area contributed by atoms with E-state index in [1.165, 1.54) is 0 Å². The van der Waals surface area contributed by atoms with Gasteiger partial charge in [-0.25, -0.2) is 4.79 Å². The average Bonchev–Trinajstić information content (AvgIpc) is 3.06. The van der Waals surface area contributed by atoms with Crippen molar-refractivity contribution in [2.24, 2.45) is 7.05 Å². The van der Waals surface area contributed by atoms with Crippen molar-refractivity contribution >= 4 is 27.6 Å². The number of anilines is 1. The van der Waals surface area contributed by atoms with E-state index in [2.05, 4.69) is 39.3 Å². The topological polar surface area (TPSA) is 77.6 Å². The van der Waals surface area contributed by atoms with Gasteiger partial charge in [0.15, 0.2) is 0 Å². The summed E-state index contributed by atoms with van der Waals surface area (Å²) >= 11 is 0. The molecule has 0 aliphatic rings. The number of hydrogen-bond acceptors (Lipinski definition) is 5.